The molecule has 0 aliphatic carbocycles. The van der Waals surface area contributed by atoms with E-state index < -0.39 is 0 Å². The smallest absolute Gasteiger partial charge is 0.291 e. The van der Waals surface area contributed by atoms with Crippen molar-refractivity contribution < 1.29 is 14.0 Å². The molecule has 2 N–H and O–H groups in total. The molecule has 1 heterocycles. The van der Waals surface area contributed by atoms with Crippen molar-refractivity contribution in [2.24, 2.45) is 0 Å². The Bertz CT molecular complexity index is 867. The van der Waals surface area contributed by atoms with Crippen molar-refractivity contribution in [2.45, 2.75) is 0 Å². The lowest BCUT2D eigenvalue weighted by Crippen LogP contribution is -2.11. The molecule has 0 spiro atoms. The van der Waals surface area contributed by atoms with Gasteiger partial charge in [-0.2, -0.15) is 0 Å². The van der Waals surface area contributed by atoms with E-state index in [0.29, 0.717) is 11.4 Å². The lowest BCUT2D eigenvalue weighted by atomic mass is 10.2. The van der Waals surface area contributed by atoms with Crippen LogP contribution in [0.1, 0.15) is 16.1 Å². The number of nitrogens with one attached hydrogen (secondary N) is 2. The van der Waals surface area contributed by atoms with E-state index in [2.05, 4.69) is 10.6 Å². The highest BCUT2D eigenvalue weighted by Crippen LogP contribution is 2.15. The second-order valence-corrected chi connectivity index (χ2v) is 5.24. The largest absolute Gasteiger partial charge is 0.459 e. The number of rotatable bonds is 5. The van der Waals surface area contributed by atoms with Gasteiger partial charge < -0.3 is 15.1 Å². The van der Waals surface area contributed by atoms with Crippen LogP contribution in [0.15, 0.2) is 83.5 Å². The Morgan fingerprint density at radius 2 is 1.48 bits per heavy atom. The van der Waals surface area contributed by atoms with Crippen LogP contribution in [-0.2, 0) is 4.79 Å². The van der Waals surface area contributed by atoms with Crippen LogP contribution >= 0.6 is 0 Å². The molecule has 0 aliphatic heterocycles. The van der Waals surface area contributed by atoms with E-state index in [-0.39, 0.29) is 17.6 Å². The Morgan fingerprint density at radius 1 is 0.800 bits per heavy atom. The Labute approximate surface area is 145 Å². The quantitative estimate of drug-likeness (QED) is 0.688. The van der Waals surface area contributed by atoms with Crippen molar-refractivity contribution >= 4 is 29.3 Å². The molecule has 0 bridgehead atoms. The first-order valence-corrected chi connectivity index (χ1v) is 7.70. The van der Waals surface area contributed by atoms with Crippen molar-refractivity contribution in [3.8, 4) is 0 Å². The molecule has 2 aromatic carbocycles. The van der Waals surface area contributed by atoms with Crippen molar-refractivity contribution in [1.29, 1.82) is 0 Å². The third-order valence-electron chi connectivity index (χ3n) is 3.38. The summed E-state index contributed by atoms with van der Waals surface area (Å²) in [5, 5.41) is 5.48. The number of carbonyl (C=O) groups excluding carboxylic acids is 2. The van der Waals surface area contributed by atoms with Crippen LogP contribution < -0.4 is 10.6 Å². The number of benzene rings is 2. The molecule has 3 aromatic rings. The van der Waals surface area contributed by atoms with Crippen LogP contribution in [0.3, 0.4) is 0 Å². The van der Waals surface area contributed by atoms with E-state index in [0.717, 1.165) is 5.56 Å². The molecule has 0 fully saturated rings. The topological polar surface area (TPSA) is 71.3 Å². The summed E-state index contributed by atoms with van der Waals surface area (Å²) in [4.78, 5) is 23.8. The highest BCUT2D eigenvalue weighted by Gasteiger charge is 2.08. The van der Waals surface area contributed by atoms with Gasteiger partial charge >= 0.3 is 0 Å². The molecule has 0 atom stereocenters. The zero-order chi connectivity index (χ0) is 17.5. The van der Waals surface area contributed by atoms with E-state index in [9.17, 15) is 9.59 Å². The highest BCUT2D eigenvalue weighted by atomic mass is 16.3. The van der Waals surface area contributed by atoms with Gasteiger partial charge in [-0.25, -0.2) is 0 Å². The summed E-state index contributed by atoms with van der Waals surface area (Å²) in [6.45, 7) is 0. The molecule has 1 aromatic heterocycles. The van der Waals surface area contributed by atoms with Gasteiger partial charge in [0, 0.05) is 17.5 Å². The molecule has 5 nitrogen and oxygen atoms in total. The minimum absolute atomic E-state index is 0.226. The monoisotopic (exact) mass is 332 g/mol. The number of hydrogen-bond acceptors (Lipinski definition) is 3. The third kappa shape index (κ3) is 4.68. The van der Waals surface area contributed by atoms with Crippen molar-refractivity contribution in [2.75, 3.05) is 10.6 Å². The number of anilines is 2. The molecular weight excluding hydrogens is 316 g/mol. The van der Waals surface area contributed by atoms with E-state index in [4.69, 9.17) is 4.42 Å². The second-order valence-electron chi connectivity index (χ2n) is 5.24. The minimum Gasteiger partial charge on any atom is -0.459 e. The van der Waals surface area contributed by atoms with Crippen LogP contribution in [0.25, 0.3) is 6.08 Å². The fourth-order valence-corrected chi connectivity index (χ4v) is 2.16. The Hall–Kier alpha value is -3.60. The fraction of sp³-hybridized carbons (Fsp3) is 0. The molecule has 124 valence electrons. The van der Waals surface area contributed by atoms with Crippen molar-refractivity contribution in [3.05, 3.63) is 90.4 Å². The van der Waals surface area contributed by atoms with Gasteiger partial charge in [0.15, 0.2) is 5.76 Å². The average Bonchev–Trinajstić information content (AvgIpc) is 3.17. The van der Waals surface area contributed by atoms with E-state index in [1.165, 1.54) is 12.3 Å². The van der Waals surface area contributed by atoms with E-state index in [1.807, 2.05) is 30.3 Å². The number of furan rings is 1. The molecule has 0 unspecified atom stereocenters. The fourth-order valence-electron chi connectivity index (χ4n) is 2.16. The first kappa shape index (κ1) is 16.3. The maximum atomic E-state index is 11.9. The summed E-state index contributed by atoms with van der Waals surface area (Å²) in [5.74, 6) is -0.313. The van der Waals surface area contributed by atoms with Gasteiger partial charge in [0.2, 0.25) is 5.91 Å². The van der Waals surface area contributed by atoms with Crippen LogP contribution in [0, 0.1) is 0 Å². The number of hydrogen-bond donors (Lipinski definition) is 2. The lowest BCUT2D eigenvalue weighted by Gasteiger charge is -2.06. The summed E-state index contributed by atoms with van der Waals surface area (Å²) in [7, 11) is 0. The van der Waals surface area contributed by atoms with Gasteiger partial charge in [-0.1, -0.05) is 30.3 Å². The molecular formula is C20H16N2O3. The van der Waals surface area contributed by atoms with Gasteiger partial charge in [-0.15, -0.1) is 0 Å². The highest BCUT2D eigenvalue weighted by molar-refractivity contribution is 6.03. The second kappa shape index (κ2) is 7.79. The Kier molecular flexibility index (Phi) is 5.07. The Morgan fingerprint density at radius 3 is 2.12 bits per heavy atom. The standard InChI is InChI=1S/C20H16N2O3/c23-19(13-8-15-5-2-1-3-6-15)21-16-9-11-17(12-10-16)22-20(24)18-7-4-14-25-18/h1-14H,(H,21,23)(H,22,24). The summed E-state index contributed by atoms with van der Waals surface area (Å²) in [6.07, 6.45) is 4.66. The maximum absolute atomic E-state index is 11.9. The Balaban J connectivity index is 1.56. The maximum Gasteiger partial charge on any atom is 0.291 e. The van der Waals surface area contributed by atoms with Gasteiger partial charge in [-0.05, 0) is 48.0 Å². The van der Waals surface area contributed by atoms with Crippen molar-refractivity contribution in [1.82, 2.24) is 0 Å². The molecule has 0 aliphatic rings. The van der Waals surface area contributed by atoms with E-state index >= 15 is 0 Å². The zero-order valence-corrected chi connectivity index (χ0v) is 13.3. The predicted molar refractivity (Wildman–Crippen MR) is 97.2 cm³/mol. The minimum atomic E-state index is -0.326. The van der Waals surface area contributed by atoms with E-state index in [1.54, 1.807) is 42.5 Å². The lowest BCUT2D eigenvalue weighted by molar-refractivity contribution is -0.111. The normalized spacial score (nSPS) is 10.6. The van der Waals surface area contributed by atoms with Gasteiger partial charge in [0.05, 0.1) is 6.26 Å². The first-order chi connectivity index (χ1) is 12.2. The van der Waals surface area contributed by atoms with Crippen LogP contribution in [0.5, 0.6) is 0 Å². The number of amides is 2. The SMILES string of the molecule is O=C(C=Cc1ccccc1)Nc1ccc(NC(=O)c2ccco2)cc1. The zero-order valence-electron chi connectivity index (χ0n) is 13.3. The van der Waals surface area contributed by atoms with Gasteiger partial charge in [0.1, 0.15) is 0 Å². The van der Waals surface area contributed by atoms with Crippen LogP contribution in [0.2, 0.25) is 0 Å². The molecule has 0 radical (unpaired) electrons. The van der Waals surface area contributed by atoms with Gasteiger partial charge in [0.25, 0.3) is 5.91 Å². The molecule has 0 saturated heterocycles. The number of carbonyl (C=O) groups is 2. The average molecular weight is 332 g/mol. The molecule has 0 saturated carbocycles. The van der Waals surface area contributed by atoms with Crippen molar-refractivity contribution in [3.63, 3.8) is 0 Å². The molecule has 5 heteroatoms. The molecule has 3 rings (SSSR count). The third-order valence-corrected chi connectivity index (χ3v) is 3.38. The molecule has 2 amide bonds. The van der Waals surface area contributed by atoms with Crippen LogP contribution in [-0.4, -0.2) is 11.8 Å². The summed E-state index contributed by atoms with van der Waals surface area (Å²) in [5.41, 5.74) is 2.20. The summed E-state index contributed by atoms with van der Waals surface area (Å²) < 4.78 is 5.03. The first-order valence-electron chi connectivity index (χ1n) is 7.70. The van der Waals surface area contributed by atoms with Crippen LogP contribution in [0.4, 0.5) is 11.4 Å². The summed E-state index contributed by atoms with van der Waals surface area (Å²) in [6, 6.07) is 19.6. The molecule has 25 heavy (non-hydrogen) atoms. The van der Waals surface area contributed by atoms with Gasteiger partial charge in [-0.3, -0.25) is 9.59 Å². The summed E-state index contributed by atoms with van der Waals surface area (Å²) >= 11 is 0. The predicted octanol–water partition coefficient (Wildman–Crippen LogP) is 4.18.